The fourth-order valence-electron chi connectivity index (χ4n) is 4.71. The highest BCUT2D eigenvalue weighted by atomic mass is 32.2. The molecule has 2 saturated heterocycles. The predicted molar refractivity (Wildman–Crippen MR) is 106 cm³/mol. The van der Waals surface area contributed by atoms with Gasteiger partial charge in [0, 0.05) is 56.3 Å². The Labute approximate surface area is 165 Å². The zero-order chi connectivity index (χ0) is 19.3. The summed E-state index contributed by atoms with van der Waals surface area (Å²) in [5.41, 5.74) is 1.63. The molecule has 2 fully saturated rings. The second-order valence-electron chi connectivity index (χ2n) is 8.18. The number of piperidine rings is 1. The van der Waals surface area contributed by atoms with Crippen LogP contribution in [0.1, 0.15) is 36.9 Å². The van der Waals surface area contributed by atoms with Gasteiger partial charge in [-0.05, 0) is 24.8 Å². The standard InChI is InChI=1S/C19H24N6O2S/c1-13-4-2-7-24(9-13)19-22-8-14-12-28(26,27)16-11-25(10-15(16)17(14)23-19)18-20-5-3-6-21-18/h3,5-6,8,13,15-16H,2,4,7,9-12H2,1H3/t13-,15+,16-/m1/s1. The molecule has 0 N–H and O–H groups in total. The van der Waals surface area contributed by atoms with Gasteiger partial charge in [0.1, 0.15) is 0 Å². The molecule has 0 aliphatic carbocycles. The van der Waals surface area contributed by atoms with E-state index in [2.05, 4.69) is 26.8 Å². The van der Waals surface area contributed by atoms with Gasteiger partial charge in [-0.3, -0.25) is 0 Å². The molecule has 3 aliphatic heterocycles. The van der Waals surface area contributed by atoms with Crippen molar-refractivity contribution in [1.82, 2.24) is 19.9 Å². The van der Waals surface area contributed by atoms with Gasteiger partial charge in [-0.25, -0.2) is 28.4 Å². The first-order valence-electron chi connectivity index (χ1n) is 9.85. The van der Waals surface area contributed by atoms with Gasteiger partial charge in [-0.1, -0.05) is 6.92 Å². The third-order valence-corrected chi connectivity index (χ3v) is 8.21. The third-order valence-electron chi connectivity index (χ3n) is 6.10. The Kier molecular flexibility index (Phi) is 4.22. The molecule has 9 heteroatoms. The average Bonchev–Trinajstić information content (AvgIpc) is 3.15. The minimum Gasteiger partial charge on any atom is -0.341 e. The fourth-order valence-corrected chi connectivity index (χ4v) is 6.70. The van der Waals surface area contributed by atoms with Gasteiger partial charge in [0.25, 0.3) is 0 Å². The summed E-state index contributed by atoms with van der Waals surface area (Å²) in [6.45, 7) is 5.14. The summed E-state index contributed by atoms with van der Waals surface area (Å²) in [5, 5.41) is -0.466. The van der Waals surface area contributed by atoms with Crippen LogP contribution in [0.3, 0.4) is 0 Å². The van der Waals surface area contributed by atoms with Crippen LogP contribution in [-0.4, -0.2) is 59.8 Å². The van der Waals surface area contributed by atoms with Crippen LogP contribution >= 0.6 is 0 Å². The maximum absolute atomic E-state index is 12.9. The topological polar surface area (TPSA) is 92.2 Å². The molecular weight excluding hydrogens is 376 g/mol. The normalized spacial score (nSPS) is 28.7. The largest absolute Gasteiger partial charge is 0.341 e. The minimum absolute atomic E-state index is 0.0175. The molecule has 148 valence electrons. The first kappa shape index (κ1) is 17.8. The lowest BCUT2D eigenvalue weighted by Gasteiger charge is -2.32. The van der Waals surface area contributed by atoms with E-state index in [1.54, 1.807) is 24.7 Å². The number of rotatable bonds is 2. The highest BCUT2D eigenvalue weighted by Crippen LogP contribution is 2.40. The van der Waals surface area contributed by atoms with Crippen LogP contribution in [-0.2, 0) is 15.6 Å². The van der Waals surface area contributed by atoms with E-state index in [0.717, 1.165) is 36.7 Å². The second kappa shape index (κ2) is 6.65. The molecule has 5 heterocycles. The van der Waals surface area contributed by atoms with Gasteiger partial charge < -0.3 is 9.80 Å². The van der Waals surface area contributed by atoms with E-state index >= 15 is 0 Å². The molecule has 0 spiro atoms. The van der Waals surface area contributed by atoms with E-state index in [0.29, 0.717) is 25.0 Å². The van der Waals surface area contributed by atoms with Crippen molar-refractivity contribution in [2.75, 3.05) is 36.0 Å². The smallest absolute Gasteiger partial charge is 0.225 e. The summed E-state index contributed by atoms with van der Waals surface area (Å²) in [7, 11) is -3.25. The zero-order valence-corrected chi connectivity index (χ0v) is 16.7. The third kappa shape index (κ3) is 3.01. The quantitative estimate of drug-likeness (QED) is 0.747. The van der Waals surface area contributed by atoms with Gasteiger partial charge in [0.15, 0.2) is 9.84 Å². The monoisotopic (exact) mass is 400 g/mol. The summed E-state index contributed by atoms with van der Waals surface area (Å²) in [4.78, 5) is 22.2. The average molecular weight is 401 g/mol. The molecule has 5 rings (SSSR count). The van der Waals surface area contributed by atoms with Crippen LogP contribution in [0, 0.1) is 5.92 Å². The highest BCUT2D eigenvalue weighted by molar-refractivity contribution is 7.91. The van der Waals surface area contributed by atoms with E-state index in [1.807, 2.05) is 4.90 Å². The summed E-state index contributed by atoms with van der Waals surface area (Å²) < 4.78 is 25.8. The van der Waals surface area contributed by atoms with E-state index < -0.39 is 15.1 Å². The maximum Gasteiger partial charge on any atom is 0.225 e. The summed E-state index contributed by atoms with van der Waals surface area (Å²) >= 11 is 0. The van der Waals surface area contributed by atoms with Crippen molar-refractivity contribution in [3.05, 3.63) is 35.9 Å². The second-order valence-corrected chi connectivity index (χ2v) is 10.4. The molecule has 0 radical (unpaired) electrons. The van der Waals surface area contributed by atoms with Gasteiger partial charge in [0.05, 0.1) is 16.7 Å². The van der Waals surface area contributed by atoms with Crippen molar-refractivity contribution in [3.8, 4) is 0 Å². The molecule has 28 heavy (non-hydrogen) atoms. The van der Waals surface area contributed by atoms with Crippen molar-refractivity contribution in [3.63, 3.8) is 0 Å². The van der Waals surface area contributed by atoms with Crippen LogP contribution < -0.4 is 9.80 Å². The van der Waals surface area contributed by atoms with Crippen LogP contribution in [0.2, 0.25) is 0 Å². The first-order chi connectivity index (χ1) is 13.5. The summed E-state index contributed by atoms with van der Waals surface area (Å²) in [6.07, 6.45) is 7.47. The highest BCUT2D eigenvalue weighted by Gasteiger charge is 2.48. The summed E-state index contributed by atoms with van der Waals surface area (Å²) in [5.74, 6) is 1.79. The van der Waals surface area contributed by atoms with E-state index in [1.165, 1.54) is 6.42 Å². The molecule has 0 bridgehead atoms. The Balaban J connectivity index is 1.50. The van der Waals surface area contributed by atoms with Crippen LogP contribution in [0.4, 0.5) is 11.9 Å². The number of hydrogen-bond donors (Lipinski definition) is 0. The molecule has 0 saturated carbocycles. The number of nitrogens with zero attached hydrogens (tertiary/aromatic N) is 6. The molecule has 2 aromatic rings. The lowest BCUT2D eigenvalue weighted by atomic mass is 9.99. The Morgan fingerprint density at radius 1 is 1.04 bits per heavy atom. The van der Waals surface area contributed by atoms with Crippen LogP contribution in [0.15, 0.2) is 24.7 Å². The van der Waals surface area contributed by atoms with Gasteiger partial charge in [-0.2, -0.15) is 0 Å². The minimum atomic E-state index is -3.25. The summed E-state index contributed by atoms with van der Waals surface area (Å²) in [6, 6.07) is 1.76. The van der Waals surface area contributed by atoms with E-state index in [-0.39, 0.29) is 11.7 Å². The number of anilines is 2. The Morgan fingerprint density at radius 3 is 2.64 bits per heavy atom. The van der Waals surface area contributed by atoms with Gasteiger partial charge in [-0.15, -0.1) is 0 Å². The van der Waals surface area contributed by atoms with Crippen LogP contribution in [0.5, 0.6) is 0 Å². The molecule has 3 aliphatic rings. The molecule has 0 amide bonds. The molecule has 3 atom stereocenters. The fraction of sp³-hybridized carbons (Fsp3) is 0.579. The Hall–Kier alpha value is -2.29. The van der Waals surface area contributed by atoms with Crippen LogP contribution in [0.25, 0.3) is 0 Å². The number of fused-ring (bicyclic) bond motifs is 3. The van der Waals surface area contributed by atoms with E-state index in [9.17, 15) is 8.42 Å². The lowest BCUT2D eigenvalue weighted by Crippen LogP contribution is -2.38. The predicted octanol–water partition coefficient (Wildman–Crippen LogP) is 1.40. The van der Waals surface area contributed by atoms with Crippen molar-refractivity contribution < 1.29 is 8.42 Å². The van der Waals surface area contributed by atoms with Crippen molar-refractivity contribution in [1.29, 1.82) is 0 Å². The first-order valence-corrected chi connectivity index (χ1v) is 11.6. The Morgan fingerprint density at radius 2 is 1.86 bits per heavy atom. The zero-order valence-electron chi connectivity index (χ0n) is 15.9. The van der Waals surface area contributed by atoms with Gasteiger partial charge in [0.2, 0.25) is 11.9 Å². The number of hydrogen-bond acceptors (Lipinski definition) is 8. The molecule has 0 unspecified atom stereocenters. The SMILES string of the molecule is C[C@@H]1CCCN(c2ncc3c(n2)[C@H]2CN(c4ncccn4)C[C@H]2S(=O)(=O)C3)C1. The molecule has 2 aromatic heterocycles. The van der Waals surface area contributed by atoms with E-state index in [4.69, 9.17) is 4.98 Å². The molecule has 0 aromatic carbocycles. The van der Waals surface area contributed by atoms with Gasteiger partial charge >= 0.3 is 0 Å². The van der Waals surface area contributed by atoms with Crippen molar-refractivity contribution in [2.24, 2.45) is 5.92 Å². The molecular formula is C19H24N6O2S. The lowest BCUT2D eigenvalue weighted by molar-refractivity contribution is 0.441. The van der Waals surface area contributed by atoms with Crippen molar-refractivity contribution in [2.45, 2.75) is 36.7 Å². The number of aromatic nitrogens is 4. The number of sulfone groups is 1. The maximum atomic E-state index is 12.9. The van der Waals surface area contributed by atoms with Crippen molar-refractivity contribution >= 4 is 21.7 Å². The molecule has 8 nitrogen and oxygen atoms in total. The Bertz CT molecular complexity index is 983.